The van der Waals surface area contributed by atoms with E-state index in [1.165, 1.54) is 44.6 Å². The van der Waals surface area contributed by atoms with Crippen LogP contribution in [0.3, 0.4) is 0 Å². The molecule has 7 rings (SSSR count). The van der Waals surface area contributed by atoms with Crippen molar-refractivity contribution in [2.45, 2.75) is 70.5 Å². The van der Waals surface area contributed by atoms with E-state index in [0.717, 1.165) is 22.3 Å². The van der Waals surface area contributed by atoms with E-state index in [1.54, 1.807) is 6.07 Å². The minimum Gasteiger partial charge on any atom is -0.355 e. The van der Waals surface area contributed by atoms with Crippen LogP contribution >= 0.6 is 0 Å². The van der Waals surface area contributed by atoms with Crippen molar-refractivity contribution in [2.75, 3.05) is 18.0 Å². The van der Waals surface area contributed by atoms with Gasteiger partial charge >= 0.3 is 6.18 Å². The Morgan fingerprint density at radius 3 is 2.26 bits per heavy atom. The summed E-state index contributed by atoms with van der Waals surface area (Å²) in [5.41, 5.74) is 0.337. The van der Waals surface area contributed by atoms with Crippen molar-refractivity contribution in [1.82, 2.24) is 25.1 Å². The summed E-state index contributed by atoms with van der Waals surface area (Å²) in [7, 11) is 0. The fraction of sp³-hybridized carbons (Fsp3) is 0.750. The maximum absolute atomic E-state index is 13.2. The van der Waals surface area contributed by atoms with Crippen molar-refractivity contribution < 1.29 is 18.0 Å². The Kier molecular flexibility index (Phi) is 5.08. The van der Waals surface area contributed by atoms with E-state index in [4.69, 9.17) is 0 Å². The second-order valence-electron chi connectivity index (χ2n) is 11.3. The van der Waals surface area contributed by atoms with Gasteiger partial charge in [0, 0.05) is 25.0 Å². The molecule has 0 aromatic carbocycles. The Hall–Kier alpha value is -2.39. The van der Waals surface area contributed by atoms with Crippen molar-refractivity contribution in [3.05, 3.63) is 18.0 Å². The molecule has 2 aromatic heterocycles. The molecule has 7 nitrogen and oxygen atoms in total. The zero-order chi connectivity index (χ0) is 23.7. The first kappa shape index (κ1) is 22.1. The molecule has 1 unspecified atom stereocenters. The molecule has 184 valence electrons. The van der Waals surface area contributed by atoms with E-state index in [9.17, 15) is 18.0 Å². The van der Waals surface area contributed by atoms with Crippen molar-refractivity contribution in [3.8, 4) is 0 Å². The lowest BCUT2D eigenvalue weighted by atomic mass is 9.48. The number of carbonyl (C=O) groups excluding carboxylic acids is 1. The number of rotatable bonds is 4. The molecular weight excluding hydrogens is 445 g/mol. The minimum atomic E-state index is -4.62. The van der Waals surface area contributed by atoms with E-state index in [1.807, 2.05) is 4.90 Å². The summed E-state index contributed by atoms with van der Waals surface area (Å²) >= 11 is 0. The number of alkyl halides is 3. The molecule has 1 atom stereocenters. The smallest absolute Gasteiger partial charge is 0.355 e. The van der Waals surface area contributed by atoms with Gasteiger partial charge in [-0.05, 0) is 93.6 Å². The molecule has 2 aromatic rings. The zero-order valence-electron chi connectivity index (χ0n) is 19.4. The molecule has 0 spiro atoms. The summed E-state index contributed by atoms with van der Waals surface area (Å²) in [5.74, 6) is 1.92. The van der Waals surface area contributed by atoms with Gasteiger partial charge in [-0.25, -0.2) is 0 Å². The summed E-state index contributed by atoms with van der Waals surface area (Å²) in [6, 6.07) is 3.36. The van der Waals surface area contributed by atoms with Crippen molar-refractivity contribution in [1.29, 1.82) is 0 Å². The highest BCUT2D eigenvalue weighted by Crippen LogP contribution is 2.61. The molecule has 34 heavy (non-hydrogen) atoms. The van der Waals surface area contributed by atoms with E-state index in [0.29, 0.717) is 31.7 Å². The van der Waals surface area contributed by atoms with Crippen LogP contribution in [0.2, 0.25) is 0 Å². The van der Waals surface area contributed by atoms with Gasteiger partial charge in [0.1, 0.15) is 5.82 Å². The molecule has 1 N–H and O–H groups in total. The summed E-state index contributed by atoms with van der Waals surface area (Å²) < 4.78 is 40.3. The van der Waals surface area contributed by atoms with Gasteiger partial charge in [-0.1, -0.05) is 0 Å². The highest BCUT2D eigenvalue weighted by Gasteiger charge is 2.53. The first-order valence-corrected chi connectivity index (χ1v) is 12.6. The number of amides is 1. The third-order valence-corrected chi connectivity index (χ3v) is 9.05. The zero-order valence-corrected chi connectivity index (χ0v) is 19.4. The minimum absolute atomic E-state index is 0.0593. The van der Waals surface area contributed by atoms with Crippen LogP contribution in [0.25, 0.3) is 5.65 Å². The number of piperidine rings is 1. The number of halogens is 3. The molecule has 4 aliphatic carbocycles. The van der Waals surface area contributed by atoms with E-state index < -0.39 is 12.0 Å². The SMILES string of the molecule is CC(NC(=O)C1CCN(c2ccc3nnc(C(F)(F)F)n3n2)CC1)C12CC3CC(CC(C3)C1)C2. The molecule has 5 fully saturated rings. The lowest BCUT2D eigenvalue weighted by molar-refractivity contribution is -0.146. The fourth-order valence-electron chi connectivity index (χ4n) is 7.69. The van der Waals surface area contributed by atoms with E-state index >= 15 is 0 Å². The maximum Gasteiger partial charge on any atom is 0.453 e. The Morgan fingerprint density at radius 2 is 1.68 bits per heavy atom. The number of anilines is 1. The Balaban J connectivity index is 1.09. The van der Waals surface area contributed by atoms with Gasteiger partial charge in [0.15, 0.2) is 5.65 Å². The average molecular weight is 477 g/mol. The molecular formula is C24H31F3N6O. The van der Waals surface area contributed by atoms with Gasteiger partial charge in [-0.15, -0.1) is 15.3 Å². The third kappa shape index (κ3) is 3.73. The van der Waals surface area contributed by atoms with Gasteiger partial charge < -0.3 is 10.2 Å². The quantitative estimate of drug-likeness (QED) is 0.720. The summed E-state index contributed by atoms with van der Waals surface area (Å²) in [4.78, 5) is 15.1. The maximum atomic E-state index is 13.2. The van der Waals surface area contributed by atoms with Crippen LogP contribution in [0.4, 0.5) is 19.0 Å². The lowest BCUT2D eigenvalue weighted by Crippen LogP contribution is -2.56. The summed E-state index contributed by atoms with van der Waals surface area (Å²) in [6.45, 7) is 3.36. The number of nitrogens with zero attached hydrogens (tertiary/aromatic N) is 5. The fourth-order valence-corrected chi connectivity index (χ4v) is 7.69. The largest absolute Gasteiger partial charge is 0.453 e. The molecule has 4 bridgehead atoms. The summed E-state index contributed by atoms with van der Waals surface area (Å²) in [5, 5.41) is 14.3. The second-order valence-corrected chi connectivity index (χ2v) is 11.3. The van der Waals surface area contributed by atoms with Crippen LogP contribution in [-0.2, 0) is 11.0 Å². The molecule has 3 heterocycles. The molecule has 5 aliphatic rings. The lowest BCUT2D eigenvalue weighted by Gasteiger charge is -2.59. The van der Waals surface area contributed by atoms with E-state index in [-0.39, 0.29) is 28.9 Å². The van der Waals surface area contributed by atoms with Crippen molar-refractivity contribution in [3.63, 3.8) is 0 Å². The topological polar surface area (TPSA) is 75.4 Å². The molecule has 10 heteroatoms. The van der Waals surface area contributed by atoms with E-state index in [2.05, 4.69) is 27.5 Å². The predicted octanol–water partition coefficient (Wildman–Crippen LogP) is 4.08. The van der Waals surface area contributed by atoms with Crippen LogP contribution in [-0.4, -0.2) is 44.8 Å². The van der Waals surface area contributed by atoms with Crippen LogP contribution in [0.15, 0.2) is 12.1 Å². The predicted molar refractivity (Wildman–Crippen MR) is 119 cm³/mol. The standard InChI is InChI=1S/C24H31F3N6O/c1-14(23-11-15-8-16(12-23)10-17(9-15)13-23)28-21(34)18-4-6-32(7-5-18)20-3-2-19-29-30-22(24(25,26)27)33(19)31-20/h2-3,14-18H,4-13H2,1H3,(H,28,34). The van der Waals surface area contributed by atoms with Gasteiger partial charge in [-0.3, -0.25) is 4.79 Å². The Morgan fingerprint density at radius 1 is 1.06 bits per heavy atom. The van der Waals surface area contributed by atoms with Gasteiger partial charge in [0.25, 0.3) is 5.82 Å². The molecule has 0 radical (unpaired) electrons. The van der Waals surface area contributed by atoms with Crippen LogP contribution in [0.5, 0.6) is 0 Å². The first-order chi connectivity index (χ1) is 16.2. The highest BCUT2D eigenvalue weighted by molar-refractivity contribution is 5.79. The van der Waals surface area contributed by atoms with Crippen LogP contribution in [0.1, 0.15) is 64.1 Å². The normalized spacial score (nSPS) is 32.4. The van der Waals surface area contributed by atoms with Gasteiger partial charge in [0.05, 0.1) is 0 Å². The molecule has 1 saturated heterocycles. The van der Waals surface area contributed by atoms with Crippen LogP contribution in [0, 0.1) is 29.1 Å². The van der Waals surface area contributed by atoms with Crippen LogP contribution < -0.4 is 10.2 Å². The number of fused-ring (bicyclic) bond motifs is 1. The molecule has 4 saturated carbocycles. The Labute approximate surface area is 196 Å². The number of hydrogen-bond donors (Lipinski definition) is 1. The third-order valence-electron chi connectivity index (χ3n) is 9.05. The monoisotopic (exact) mass is 476 g/mol. The Bertz CT molecular complexity index is 1050. The number of aromatic nitrogens is 4. The van der Waals surface area contributed by atoms with Gasteiger partial charge in [-0.2, -0.15) is 17.7 Å². The molecule has 1 aliphatic heterocycles. The number of nitrogens with one attached hydrogen (secondary N) is 1. The first-order valence-electron chi connectivity index (χ1n) is 12.6. The number of carbonyl (C=O) groups is 1. The van der Waals surface area contributed by atoms with Crippen molar-refractivity contribution >= 4 is 17.4 Å². The average Bonchev–Trinajstić information content (AvgIpc) is 3.22. The highest BCUT2D eigenvalue weighted by atomic mass is 19.4. The number of hydrogen-bond acceptors (Lipinski definition) is 5. The van der Waals surface area contributed by atoms with Gasteiger partial charge in [0.2, 0.25) is 5.91 Å². The van der Waals surface area contributed by atoms with Crippen molar-refractivity contribution in [2.24, 2.45) is 29.1 Å². The molecule has 1 amide bonds. The second kappa shape index (κ2) is 7.81. The summed E-state index contributed by atoms with van der Waals surface area (Å²) in [6.07, 6.45) is 4.64.